The minimum Gasteiger partial charge on any atom is -0.397 e. The third-order valence-electron chi connectivity index (χ3n) is 2.77. The Morgan fingerprint density at radius 1 is 1.47 bits per heavy atom. The molecule has 0 unspecified atom stereocenters. The summed E-state index contributed by atoms with van der Waals surface area (Å²) in [5.41, 5.74) is 7.83. The predicted octanol–water partition coefficient (Wildman–Crippen LogP) is 1.01. The largest absolute Gasteiger partial charge is 0.397 e. The number of benzene rings is 1. The minimum atomic E-state index is -0.145. The Labute approximate surface area is 111 Å². The molecule has 1 amide bonds. The van der Waals surface area contributed by atoms with Gasteiger partial charge in [0.2, 0.25) is 0 Å². The number of aromatic amines is 1. The highest BCUT2D eigenvalue weighted by atomic mass is 16.1. The van der Waals surface area contributed by atoms with Gasteiger partial charge in [0.1, 0.15) is 5.82 Å². The Morgan fingerprint density at radius 2 is 2.32 bits per heavy atom. The van der Waals surface area contributed by atoms with Gasteiger partial charge in [-0.1, -0.05) is 0 Å². The van der Waals surface area contributed by atoms with Crippen LogP contribution in [0.4, 0.5) is 11.4 Å². The second-order valence-electron chi connectivity index (χ2n) is 4.09. The maximum absolute atomic E-state index is 11.4. The molecule has 0 atom stereocenters. The predicted molar refractivity (Wildman–Crippen MR) is 75.0 cm³/mol. The van der Waals surface area contributed by atoms with Crippen molar-refractivity contribution in [2.24, 2.45) is 0 Å². The molecule has 1 aromatic carbocycles. The van der Waals surface area contributed by atoms with Crippen LogP contribution in [-0.4, -0.2) is 29.5 Å². The number of carbonyl (C=O) groups is 1. The molecule has 0 spiro atoms. The van der Waals surface area contributed by atoms with E-state index in [-0.39, 0.29) is 5.91 Å². The number of amides is 1. The lowest BCUT2D eigenvalue weighted by Crippen LogP contribution is -2.18. The second-order valence-corrected chi connectivity index (χ2v) is 4.09. The number of nitrogens with one attached hydrogen (secondary N) is 3. The molecule has 0 aliphatic heterocycles. The van der Waals surface area contributed by atoms with Gasteiger partial charge in [0.05, 0.1) is 11.4 Å². The molecule has 0 fully saturated rings. The fraction of sp³-hybridized carbons (Fsp3) is 0.231. The number of hydrogen-bond donors (Lipinski definition) is 4. The minimum absolute atomic E-state index is 0.145. The zero-order chi connectivity index (χ0) is 13.7. The van der Waals surface area contributed by atoms with Gasteiger partial charge in [0, 0.05) is 38.0 Å². The average Bonchev–Trinajstić information content (AvgIpc) is 2.93. The Balaban J connectivity index is 1.95. The molecule has 1 heterocycles. The van der Waals surface area contributed by atoms with Crippen LogP contribution in [0.25, 0.3) is 0 Å². The van der Waals surface area contributed by atoms with Crippen molar-refractivity contribution in [3.05, 3.63) is 42.0 Å². The first kappa shape index (κ1) is 12.9. The summed E-state index contributed by atoms with van der Waals surface area (Å²) in [6, 6.07) is 5.21. The molecule has 0 aliphatic rings. The van der Waals surface area contributed by atoms with Crippen LogP contribution in [0.1, 0.15) is 16.2 Å². The molecule has 2 aromatic rings. The van der Waals surface area contributed by atoms with Crippen LogP contribution in [-0.2, 0) is 6.42 Å². The molecule has 100 valence electrons. The lowest BCUT2D eigenvalue weighted by molar-refractivity contribution is 0.0963. The summed E-state index contributed by atoms with van der Waals surface area (Å²) in [6.07, 6.45) is 4.30. The number of anilines is 2. The van der Waals surface area contributed by atoms with E-state index in [0.29, 0.717) is 11.3 Å². The van der Waals surface area contributed by atoms with Crippen LogP contribution in [0.5, 0.6) is 0 Å². The van der Waals surface area contributed by atoms with E-state index in [1.807, 2.05) is 6.07 Å². The van der Waals surface area contributed by atoms with Crippen molar-refractivity contribution in [3.8, 4) is 0 Å². The summed E-state index contributed by atoms with van der Waals surface area (Å²) in [7, 11) is 1.59. The molecule has 0 radical (unpaired) electrons. The number of rotatable bonds is 5. The van der Waals surface area contributed by atoms with Crippen molar-refractivity contribution in [1.82, 2.24) is 15.3 Å². The van der Waals surface area contributed by atoms with E-state index in [9.17, 15) is 4.79 Å². The first-order chi connectivity index (χ1) is 9.20. The second kappa shape index (κ2) is 5.90. The fourth-order valence-electron chi connectivity index (χ4n) is 1.76. The van der Waals surface area contributed by atoms with Crippen molar-refractivity contribution in [3.63, 3.8) is 0 Å². The quantitative estimate of drug-likeness (QED) is 0.602. The van der Waals surface area contributed by atoms with Gasteiger partial charge in [-0.15, -0.1) is 0 Å². The third kappa shape index (κ3) is 3.25. The highest BCUT2D eigenvalue weighted by molar-refractivity contribution is 5.95. The lowest BCUT2D eigenvalue weighted by atomic mass is 10.1. The molecule has 0 bridgehead atoms. The van der Waals surface area contributed by atoms with Gasteiger partial charge < -0.3 is 21.4 Å². The first-order valence-electron chi connectivity index (χ1n) is 6.04. The van der Waals surface area contributed by atoms with E-state index in [1.54, 1.807) is 31.6 Å². The monoisotopic (exact) mass is 259 g/mol. The summed E-state index contributed by atoms with van der Waals surface area (Å²) >= 11 is 0. The molecular weight excluding hydrogens is 242 g/mol. The Kier molecular flexibility index (Phi) is 4.02. The van der Waals surface area contributed by atoms with E-state index in [0.717, 1.165) is 24.5 Å². The number of H-pyrrole nitrogens is 1. The Morgan fingerprint density at radius 3 is 2.95 bits per heavy atom. The molecule has 6 nitrogen and oxygen atoms in total. The van der Waals surface area contributed by atoms with Gasteiger partial charge in [-0.25, -0.2) is 4.98 Å². The average molecular weight is 259 g/mol. The summed E-state index contributed by atoms with van der Waals surface area (Å²) < 4.78 is 0. The van der Waals surface area contributed by atoms with Gasteiger partial charge in [-0.2, -0.15) is 0 Å². The van der Waals surface area contributed by atoms with Crippen LogP contribution < -0.4 is 16.4 Å². The Bertz CT molecular complexity index is 550. The van der Waals surface area contributed by atoms with Gasteiger partial charge in [0.25, 0.3) is 5.91 Å². The number of nitrogens with zero attached hydrogens (tertiary/aromatic N) is 1. The zero-order valence-electron chi connectivity index (χ0n) is 10.7. The molecule has 19 heavy (non-hydrogen) atoms. The van der Waals surface area contributed by atoms with Crippen molar-refractivity contribution in [2.45, 2.75) is 6.42 Å². The summed E-state index contributed by atoms with van der Waals surface area (Å²) in [6.45, 7) is 0.719. The molecule has 5 N–H and O–H groups in total. The number of hydrogen-bond acceptors (Lipinski definition) is 4. The number of carbonyl (C=O) groups excluding carboxylic acids is 1. The number of aromatic nitrogens is 2. The summed E-state index contributed by atoms with van der Waals surface area (Å²) in [5, 5.41) is 5.78. The van der Waals surface area contributed by atoms with Crippen molar-refractivity contribution in [2.75, 3.05) is 24.6 Å². The molecule has 0 aliphatic carbocycles. The van der Waals surface area contributed by atoms with E-state index in [4.69, 9.17) is 5.73 Å². The molecule has 0 saturated carbocycles. The standard InChI is InChI=1S/C13H17N5O/c1-15-13(19)9-2-3-11(10(14)8-9)16-5-4-12-17-6-7-18-12/h2-3,6-8,16H,4-5,14H2,1H3,(H,15,19)(H,17,18). The zero-order valence-corrected chi connectivity index (χ0v) is 10.7. The topological polar surface area (TPSA) is 95.8 Å². The first-order valence-corrected chi connectivity index (χ1v) is 6.04. The number of nitrogen functional groups attached to an aromatic ring is 1. The van der Waals surface area contributed by atoms with Crippen LogP contribution in [0.2, 0.25) is 0 Å². The Hall–Kier alpha value is -2.50. The molecule has 2 rings (SSSR count). The number of nitrogens with two attached hydrogens (primary N) is 1. The van der Waals surface area contributed by atoms with Crippen LogP contribution >= 0.6 is 0 Å². The van der Waals surface area contributed by atoms with Gasteiger partial charge in [-0.3, -0.25) is 4.79 Å². The molecule has 1 aromatic heterocycles. The van der Waals surface area contributed by atoms with Crippen LogP contribution in [0, 0.1) is 0 Å². The smallest absolute Gasteiger partial charge is 0.251 e. The number of imidazole rings is 1. The summed E-state index contributed by atoms with van der Waals surface area (Å²) in [5.74, 6) is 0.780. The van der Waals surface area contributed by atoms with Gasteiger partial charge >= 0.3 is 0 Å². The van der Waals surface area contributed by atoms with E-state index in [1.165, 1.54) is 0 Å². The lowest BCUT2D eigenvalue weighted by Gasteiger charge is -2.10. The maximum Gasteiger partial charge on any atom is 0.251 e. The van der Waals surface area contributed by atoms with Gasteiger partial charge in [0.15, 0.2) is 0 Å². The fourth-order valence-corrected chi connectivity index (χ4v) is 1.76. The van der Waals surface area contributed by atoms with E-state index in [2.05, 4.69) is 20.6 Å². The summed E-state index contributed by atoms with van der Waals surface area (Å²) in [4.78, 5) is 18.6. The highest BCUT2D eigenvalue weighted by Crippen LogP contribution is 2.19. The molecular formula is C13H17N5O. The SMILES string of the molecule is CNC(=O)c1ccc(NCCc2ncc[nH]2)c(N)c1. The normalized spacial score (nSPS) is 10.2. The van der Waals surface area contributed by atoms with Crippen LogP contribution in [0.15, 0.2) is 30.6 Å². The molecule has 6 heteroatoms. The molecule has 0 saturated heterocycles. The maximum atomic E-state index is 11.4. The highest BCUT2D eigenvalue weighted by Gasteiger charge is 2.06. The van der Waals surface area contributed by atoms with Gasteiger partial charge in [-0.05, 0) is 18.2 Å². The van der Waals surface area contributed by atoms with E-state index < -0.39 is 0 Å². The van der Waals surface area contributed by atoms with Crippen molar-refractivity contribution in [1.29, 1.82) is 0 Å². The van der Waals surface area contributed by atoms with Crippen LogP contribution in [0.3, 0.4) is 0 Å². The van der Waals surface area contributed by atoms with Crippen molar-refractivity contribution < 1.29 is 4.79 Å². The third-order valence-corrected chi connectivity index (χ3v) is 2.77. The van der Waals surface area contributed by atoms with Crippen molar-refractivity contribution >= 4 is 17.3 Å². The van der Waals surface area contributed by atoms with E-state index >= 15 is 0 Å².